The molecule has 1 aromatic heterocycles. The summed E-state index contributed by atoms with van der Waals surface area (Å²) in [6.07, 6.45) is 2.00. The summed E-state index contributed by atoms with van der Waals surface area (Å²) in [5, 5.41) is 24.9. The Morgan fingerprint density at radius 1 is 1.58 bits per heavy atom. The molecular formula is C11H11N5O3. The fraction of sp³-hybridized carbons (Fsp3) is 0.364. The number of hydrogen-bond donors (Lipinski definition) is 2. The standard InChI is InChI=1S/C11H11N5O3/c12-5-8-9(16(18)19)3-4-10(15-8)13-6-11(17)14-7-1-2-7/h3-4,7H,1-2,6H2,(H,13,15)(H,14,17). The fourth-order valence-corrected chi connectivity index (χ4v) is 1.46. The van der Waals surface area contributed by atoms with Gasteiger partial charge in [-0.3, -0.25) is 14.9 Å². The van der Waals surface area contributed by atoms with Gasteiger partial charge in [-0.05, 0) is 18.9 Å². The topological polar surface area (TPSA) is 121 Å². The van der Waals surface area contributed by atoms with Crippen molar-refractivity contribution in [1.29, 1.82) is 5.26 Å². The SMILES string of the molecule is N#Cc1nc(NCC(=O)NC2CC2)ccc1[N+](=O)[O-]. The smallest absolute Gasteiger partial charge is 0.305 e. The third-order valence-electron chi connectivity index (χ3n) is 2.55. The van der Waals surface area contributed by atoms with Gasteiger partial charge in [-0.2, -0.15) is 5.26 Å². The second-order valence-electron chi connectivity index (χ2n) is 4.13. The Morgan fingerprint density at radius 2 is 2.32 bits per heavy atom. The van der Waals surface area contributed by atoms with Crippen LogP contribution in [0.5, 0.6) is 0 Å². The third kappa shape index (κ3) is 3.38. The molecule has 2 N–H and O–H groups in total. The second-order valence-corrected chi connectivity index (χ2v) is 4.13. The van der Waals surface area contributed by atoms with E-state index in [0.717, 1.165) is 12.8 Å². The van der Waals surface area contributed by atoms with E-state index in [0.29, 0.717) is 0 Å². The Balaban J connectivity index is 1.98. The fourth-order valence-electron chi connectivity index (χ4n) is 1.46. The Kier molecular flexibility index (Phi) is 3.56. The molecule has 0 aliphatic heterocycles. The molecule has 1 fully saturated rings. The summed E-state index contributed by atoms with van der Waals surface area (Å²) < 4.78 is 0. The number of rotatable bonds is 5. The van der Waals surface area contributed by atoms with Crippen LogP contribution in [0.15, 0.2) is 12.1 Å². The van der Waals surface area contributed by atoms with Crippen molar-refractivity contribution < 1.29 is 9.72 Å². The van der Waals surface area contributed by atoms with Crippen molar-refractivity contribution in [2.75, 3.05) is 11.9 Å². The molecular weight excluding hydrogens is 250 g/mol. The van der Waals surface area contributed by atoms with E-state index < -0.39 is 4.92 Å². The summed E-state index contributed by atoms with van der Waals surface area (Å²) in [7, 11) is 0. The number of nitrogens with one attached hydrogen (secondary N) is 2. The lowest BCUT2D eigenvalue weighted by Crippen LogP contribution is -2.31. The monoisotopic (exact) mass is 261 g/mol. The molecule has 0 spiro atoms. The highest BCUT2D eigenvalue weighted by Crippen LogP contribution is 2.19. The quantitative estimate of drug-likeness (QED) is 0.589. The first-order valence-electron chi connectivity index (χ1n) is 5.69. The number of carbonyl (C=O) groups excluding carboxylic acids is 1. The molecule has 1 aliphatic carbocycles. The molecule has 0 bridgehead atoms. The average Bonchev–Trinajstić information content (AvgIpc) is 3.19. The summed E-state index contributed by atoms with van der Waals surface area (Å²) in [5.74, 6) is 0.0919. The third-order valence-corrected chi connectivity index (χ3v) is 2.55. The number of hydrogen-bond acceptors (Lipinski definition) is 6. The van der Waals surface area contributed by atoms with Crippen LogP contribution in [0.2, 0.25) is 0 Å². The van der Waals surface area contributed by atoms with Gasteiger partial charge in [0.05, 0.1) is 11.5 Å². The highest BCUT2D eigenvalue weighted by atomic mass is 16.6. The molecule has 1 aromatic rings. The number of nitro groups is 1. The minimum absolute atomic E-state index is 0.0200. The molecule has 8 nitrogen and oxygen atoms in total. The van der Waals surface area contributed by atoms with Gasteiger partial charge in [0.25, 0.3) is 0 Å². The van der Waals surface area contributed by atoms with Crippen LogP contribution < -0.4 is 10.6 Å². The maximum absolute atomic E-state index is 11.4. The van der Waals surface area contributed by atoms with Gasteiger partial charge in [-0.1, -0.05) is 0 Å². The molecule has 8 heteroatoms. The normalized spacial score (nSPS) is 13.4. The van der Waals surface area contributed by atoms with Gasteiger partial charge in [-0.25, -0.2) is 4.98 Å². The van der Waals surface area contributed by atoms with Crippen molar-refractivity contribution in [1.82, 2.24) is 10.3 Å². The number of anilines is 1. The van der Waals surface area contributed by atoms with Crippen LogP contribution >= 0.6 is 0 Å². The molecule has 0 radical (unpaired) electrons. The molecule has 1 amide bonds. The lowest BCUT2D eigenvalue weighted by atomic mass is 10.3. The Hall–Kier alpha value is -2.69. The zero-order valence-electron chi connectivity index (χ0n) is 9.92. The predicted octanol–water partition coefficient (Wildman–Crippen LogP) is 0.552. The summed E-state index contributed by atoms with van der Waals surface area (Å²) in [5.41, 5.74) is -0.631. The Bertz CT molecular complexity index is 562. The van der Waals surface area contributed by atoms with Crippen molar-refractivity contribution in [2.45, 2.75) is 18.9 Å². The summed E-state index contributed by atoms with van der Waals surface area (Å²) in [4.78, 5) is 25.2. The lowest BCUT2D eigenvalue weighted by molar-refractivity contribution is -0.385. The van der Waals surface area contributed by atoms with Crippen LogP contribution in [0.3, 0.4) is 0 Å². The Morgan fingerprint density at radius 3 is 2.89 bits per heavy atom. The number of pyridine rings is 1. The maximum Gasteiger partial charge on any atom is 0.305 e. The van der Waals surface area contributed by atoms with Crippen molar-refractivity contribution >= 4 is 17.4 Å². The maximum atomic E-state index is 11.4. The zero-order valence-corrected chi connectivity index (χ0v) is 9.92. The van der Waals surface area contributed by atoms with Gasteiger partial charge in [0.2, 0.25) is 11.6 Å². The van der Waals surface area contributed by atoms with Crippen molar-refractivity contribution in [3.05, 3.63) is 27.9 Å². The number of aromatic nitrogens is 1. The number of nitrogens with zero attached hydrogens (tertiary/aromatic N) is 3. The van der Waals surface area contributed by atoms with E-state index in [1.165, 1.54) is 12.1 Å². The summed E-state index contributed by atoms with van der Waals surface area (Å²) in [6.45, 7) is 0.0200. The van der Waals surface area contributed by atoms with Gasteiger partial charge in [0.1, 0.15) is 11.9 Å². The van der Waals surface area contributed by atoms with Crippen LogP contribution in [0, 0.1) is 21.4 Å². The number of amides is 1. The molecule has 19 heavy (non-hydrogen) atoms. The predicted molar refractivity (Wildman–Crippen MR) is 65.3 cm³/mol. The van der Waals surface area contributed by atoms with Gasteiger partial charge < -0.3 is 10.6 Å². The van der Waals surface area contributed by atoms with Gasteiger partial charge in [0, 0.05) is 12.1 Å². The van der Waals surface area contributed by atoms with Crippen molar-refractivity contribution in [3.8, 4) is 6.07 Å². The number of nitriles is 1. The molecule has 0 atom stereocenters. The van der Waals surface area contributed by atoms with Crippen LogP contribution in [-0.4, -0.2) is 28.4 Å². The van der Waals surface area contributed by atoms with E-state index >= 15 is 0 Å². The molecule has 0 saturated heterocycles. The van der Waals surface area contributed by atoms with Gasteiger partial charge in [-0.15, -0.1) is 0 Å². The van der Waals surface area contributed by atoms with Gasteiger partial charge in [0.15, 0.2) is 0 Å². The lowest BCUT2D eigenvalue weighted by Gasteiger charge is -2.06. The summed E-state index contributed by atoms with van der Waals surface area (Å²) >= 11 is 0. The summed E-state index contributed by atoms with van der Waals surface area (Å²) in [6, 6.07) is 4.48. The van der Waals surface area contributed by atoms with Crippen LogP contribution in [-0.2, 0) is 4.79 Å². The molecule has 1 aliphatic rings. The zero-order chi connectivity index (χ0) is 13.8. The van der Waals surface area contributed by atoms with Crippen LogP contribution in [0.4, 0.5) is 11.5 Å². The first-order chi connectivity index (χ1) is 9.10. The first-order valence-corrected chi connectivity index (χ1v) is 5.69. The van der Waals surface area contributed by atoms with Gasteiger partial charge >= 0.3 is 5.69 Å². The van der Waals surface area contributed by atoms with E-state index in [1.54, 1.807) is 6.07 Å². The van der Waals surface area contributed by atoms with Crippen LogP contribution in [0.25, 0.3) is 0 Å². The molecule has 1 saturated carbocycles. The molecule has 1 heterocycles. The minimum atomic E-state index is -0.671. The molecule has 0 unspecified atom stereocenters. The molecule has 2 rings (SSSR count). The highest BCUT2D eigenvalue weighted by Gasteiger charge is 2.23. The Labute approximate surface area is 108 Å². The van der Waals surface area contributed by atoms with E-state index in [2.05, 4.69) is 15.6 Å². The first kappa shape index (κ1) is 12.8. The van der Waals surface area contributed by atoms with E-state index in [-0.39, 0.29) is 35.7 Å². The molecule has 0 aromatic carbocycles. The highest BCUT2D eigenvalue weighted by molar-refractivity contribution is 5.81. The van der Waals surface area contributed by atoms with Crippen LogP contribution in [0.1, 0.15) is 18.5 Å². The minimum Gasteiger partial charge on any atom is -0.361 e. The van der Waals surface area contributed by atoms with E-state index in [9.17, 15) is 14.9 Å². The van der Waals surface area contributed by atoms with Crippen molar-refractivity contribution in [3.63, 3.8) is 0 Å². The van der Waals surface area contributed by atoms with Crippen molar-refractivity contribution in [2.24, 2.45) is 0 Å². The second kappa shape index (κ2) is 5.30. The molecule has 98 valence electrons. The average molecular weight is 261 g/mol. The van der Waals surface area contributed by atoms with E-state index in [4.69, 9.17) is 5.26 Å². The number of carbonyl (C=O) groups is 1. The largest absolute Gasteiger partial charge is 0.361 e. The van der Waals surface area contributed by atoms with E-state index in [1.807, 2.05) is 0 Å².